The van der Waals surface area contributed by atoms with Crippen molar-refractivity contribution in [3.05, 3.63) is 34.4 Å². The smallest absolute Gasteiger partial charge is 0.332 e. The van der Waals surface area contributed by atoms with Gasteiger partial charge in [-0.2, -0.15) is 0 Å². The molecule has 0 atom stereocenters. The van der Waals surface area contributed by atoms with Crippen LogP contribution in [0.3, 0.4) is 0 Å². The minimum atomic E-state index is -0.493. The van der Waals surface area contributed by atoms with Crippen molar-refractivity contribution in [3.63, 3.8) is 0 Å². The zero-order chi connectivity index (χ0) is 14.8. The maximum Gasteiger partial charge on any atom is 0.332 e. The Labute approximate surface area is 116 Å². The van der Waals surface area contributed by atoms with Crippen molar-refractivity contribution in [2.45, 2.75) is 13.3 Å². The van der Waals surface area contributed by atoms with Gasteiger partial charge in [-0.25, -0.2) is 4.79 Å². The van der Waals surface area contributed by atoms with Gasteiger partial charge in [-0.3, -0.25) is 10.1 Å². The Morgan fingerprint density at radius 2 is 2.05 bits per heavy atom. The molecule has 110 valence electrons. The van der Waals surface area contributed by atoms with Crippen molar-refractivity contribution in [1.29, 1.82) is 0 Å². The number of rotatable bonds is 9. The van der Waals surface area contributed by atoms with Gasteiger partial charge in [0.25, 0.3) is 0 Å². The highest BCUT2D eigenvalue weighted by molar-refractivity contribution is 5.70. The largest absolute Gasteiger partial charge is 0.487 e. The van der Waals surface area contributed by atoms with E-state index in [0.29, 0.717) is 19.6 Å². The molecule has 0 fully saturated rings. The molecule has 0 aromatic heterocycles. The van der Waals surface area contributed by atoms with E-state index in [-0.39, 0.29) is 24.7 Å². The number of esters is 1. The van der Waals surface area contributed by atoms with Crippen molar-refractivity contribution in [2.24, 2.45) is 0 Å². The lowest BCUT2D eigenvalue weighted by atomic mass is 10.3. The molecule has 1 aromatic carbocycles. The number of ether oxygens (including phenoxy) is 3. The first-order chi connectivity index (χ1) is 9.65. The van der Waals surface area contributed by atoms with Crippen LogP contribution in [0.1, 0.15) is 13.3 Å². The van der Waals surface area contributed by atoms with Gasteiger partial charge in [0.1, 0.15) is 6.61 Å². The standard InChI is InChI=1S/C13H17NO6/c1-2-19-13(15)10-18-8-5-9-20-12-7-4-3-6-11(12)14(16)17/h3-4,6-7H,2,5,8-10H2,1H3. The van der Waals surface area contributed by atoms with E-state index in [1.165, 1.54) is 12.1 Å². The molecule has 0 aliphatic heterocycles. The number of benzene rings is 1. The van der Waals surface area contributed by atoms with Crippen molar-refractivity contribution < 1.29 is 23.9 Å². The zero-order valence-corrected chi connectivity index (χ0v) is 11.2. The number of carbonyl (C=O) groups is 1. The fraction of sp³-hybridized carbons (Fsp3) is 0.462. The molecule has 0 aliphatic rings. The lowest BCUT2D eigenvalue weighted by molar-refractivity contribution is -0.385. The Morgan fingerprint density at radius 3 is 2.75 bits per heavy atom. The Bertz CT molecular complexity index is 448. The Balaban J connectivity index is 2.22. The summed E-state index contributed by atoms with van der Waals surface area (Å²) in [7, 11) is 0. The van der Waals surface area contributed by atoms with Gasteiger partial charge in [-0.05, 0) is 13.0 Å². The van der Waals surface area contributed by atoms with E-state index in [1.807, 2.05) is 0 Å². The van der Waals surface area contributed by atoms with E-state index >= 15 is 0 Å². The van der Waals surface area contributed by atoms with Crippen LogP contribution in [0, 0.1) is 10.1 Å². The normalized spacial score (nSPS) is 10.1. The quantitative estimate of drug-likeness (QED) is 0.298. The number of nitro benzene ring substituents is 1. The number of nitrogens with zero attached hydrogens (tertiary/aromatic N) is 1. The van der Waals surface area contributed by atoms with Gasteiger partial charge in [-0.15, -0.1) is 0 Å². The summed E-state index contributed by atoms with van der Waals surface area (Å²) >= 11 is 0. The van der Waals surface area contributed by atoms with E-state index in [2.05, 4.69) is 4.74 Å². The van der Waals surface area contributed by atoms with Crippen LogP contribution in [-0.4, -0.2) is 37.3 Å². The fourth-order valence-electron chi connectivity index (χ4n) is 1.43. The van der Waals surface area contributed by atoms with E-state index in [4.69, 9.17) is 9.47 Å². The van der Waals surface area contributed by atoms with Crippen LogP contribution in [0.25, 0.3) is 0 Å². The number of hydrogen-bond acceptors (Lipinski definition) is 6. The molecular formula is C13H17NO6. The lowest BCUT2D eigenvalue weighted by Gasteiger charge is -2.07. The number of para-hydroxylation sites is 2. The van der Waals surface area contributed by atoms with Crippen LogP contribution in [0.2, 0.25) is 0 Å². The van der Waals surface area contributed by atoms with E-state index < -0.39 is 10.9 Å². The van der Waals surface area contributed by atoms with Crippen LogP contribution in [0.15, 0.2) is 24.3 Å². The highest BCUT2D eigenvalue weighted by Crippen LogP contribution is 2.25. The molecule has 0 amide bonds. The molecule has 7 nitrogen and oxygen atoms in total. The summed E-state index contributed by atoms with van der Waals surface area (Å²) in [5.41, 5.74) is -0.0695. The molecule has 20 heavy (non-hydrogen) atoms. The molecule has 0 unspecified atom stereocenters. The van der Waals surface area contributed by atoms with E-state index in [1.54, 1.807) is 19.1 Å². The van der Waals surface area contributed by atoms with Crippen LogP contribution in [0.5, 0.6) is 5.75 Å². The monoisotopic (exact) mass is 283 g/mol. The molecule has 0 N–H and O–H groups in total. The molecule has 0 saturated heterocycles. The highest BCUT2D eigenvalue weighted by atomic mass is 16.6. The van der Waals surface area contributed by atoms with Crippen LogP contribution in [0.4, 0.5) is 5.69 Å². The average Bonchev–Trinajstić information content (AvgIpc) is 2.43. The second kappa shape index (κ2) is 8.87. The average molecular weight is 283 g/mol. The number of carbonyl (C=O) groups excluding carboxylic acids is 1. The Morgan fingerprint density at radius 1 is 1.30 bits per heavy atom. The third-order valence-corrected chi connectivity index (χ3v) is 2.28. The molecule has 0 saturated carbocycles. The third-order valence-electron chi connectivity index (χ3n) is 2.28. The van der Waals surface area contributed by atoms with Gasteiger partial charge in [0, 0.05) is 12.5 Å². The first-order valence-corrected chi connectivity index (χ1v) is 6.24. The minimum absolute atomic E-state index is 0.0695. The number of nitro groups is 1. The molecule has 0 radical (unpaired) electrons. The van der Waals surface area contributed by atoms with E-state index in [9.17, 15) is 14.9 Å². The van der Waals surface area contributed by atoms with Gasteiger partial charge < -0.3 is 14.2 Å². The molecular weight excluding hydrogens is 266 g/mol. The van der Waals surface area contributed by atoms with Gasteiger partial charge >= 0.3 is 11.7 Å². The first-order valence-electron chi connectivity index (χ1n) is 6.24. The zero-order valence-electron chi connectivity index (χ0n) is 11.2. The molecule has 1 rings (SSSR count). The maximum atomic E-state index is 11.0. The van der Waals surface area contributed by atoms with Crippen molar-refractivity contribution in [1.82, 2.24) is 0 Å². The molecule has 1 aromatic rings. The summed E-state index contributed by atoms with van der Waals surface area (Å²) in [5, 5.41) is 10.7. The summed E-state index contributed by atoms with van der Waals surface area (Å²) in [4.78, 5) is 21.2. The predicted octanol–water partition coefficient (Wildman–Crippen LogP) is 1.94. The molecule has 0 aliphatic carbocycles. The maximum absolute atomic E-state index is 11.0. The van der Waals surface area contributed by atoms with Gasteiger partial charge in [0.05, 0.1) is 24.7 Å². The topological polar surface area (TPSA) is 87.9 Å². The molecule has 0 spiro atoms. The summed E-state index contributed by atoms with van der Waals surface area (Å²) in [6, 6.07) is 6.16. The van der Waals surface area contributed by atoms with Gasteiger partial charge in [-0.1, -0.05) is 12.1 Å². The third kappa shape index (κ3) is 5.66. The number of hydrogen-bond donors (Lipinski definition) is 0. The first kappa shape index (κ1) is 15.9. The van der Waals surface area contributed by atoms with Crippen LogP contribution in [-0.2, 0) is 14.3 Å². The van der Waals surface area contributed by atoms with Crippen LogP contribution < -0.4 is 4.74 Å². The van der Waals surface area contributed by atoms with Crippen molar-refractivity contribution in [3.8, 4) is 5.75 Å². The lowest BCUT2D eigenvalue weighted by Crippen LogP contribution is -2.14. The predicted molar refractivity (Wildman–Crippen MR) is 70.7 cm³/mol. The molecule has 7 heteroatoms. The van der Waals surface area contributed by atoms with E-state index in [0.717, 1.165) is 0 Å². The summed E-state index contributed by atoms with van der Waals surface area (Å²) < 4.78 is 15.1. The Kier molecular flexibility index (Phi) is 7.05. The second-order valence-corrected chi connectivity index (χ2v) is 3.78. The summed E-state index contributed by atoms with van der Waals surface area (Å²) in [6.07, 6.45) is 0.519. The van der Waals surface area contributed by atoms with Gasteiger partial charge in [0.15, 0.2) is 5.75 Å². The fourth-order valence-corrected chi connectivity index (χ4v) is 1.43. The van der Waals surface area contributed by atoms with Gasteiger partial charge in [0.2, 0.25) is 0 Å². The SMILES string of the molecule is CCOC(=O)COCCCOc1ccccc1[N+](=O)[O-]. The Hall–Kier alpha value is -2.15. The van der Waals surface area contributed by atoms with Crippen molar-refractivity contribution in [2.75, 3.05) is 26.4 Å². The second-order valence-electron chi connectivity index (χ2n) is 3.78. The summed E-state index contributed by atoms with van der Waals surface area (Å²) in [6.45, 7) is 2.54. The van der Waals surface area contributed by atoms with Crippen molar-refractivity contribution >= 4 is 11.7 Å². The summed E-state index contributed by atoms with van der Waals surface area (Å²) in [5.74, 6) is -0.185. The molecule has 0 heterocycles. The molecule has 0 bridgehead atoms. The minimum Gasteiger partial charge on any atom is -0.487 e. The highest BCUT2D eigenvalue weighted by Gasteiger charge is 2.13. The van der Waals surface area contributed by atoms with Crippen LogP contribution >= 0.6 is 0 Å².